The SMILES string of the molecule is CCC[C@@H](COCc1ccccc1)NCc1ccccc1. The van der Waals surface area contributed by atoms with E-state index >= 15 is 0 Å². The highest BCUT2D eigenvalue weighted by Crippen LogP contribution is 2.05. The predicted octanol–water partition coefficient (Wildman–Crippen LogP) is 4.16. The van der Waals surface area contributed by atoms with Gasteiger partial charge in [0.2, 0.25) is 0 Å². The highest BCUT2D eigenvalue weighted by molar-refractivity contribution is 5.14. The lowest BCUT2D eigenvalue weighted by molar-refractivity contribution is 0.0955. The number of hydrogen-bond donors (Lipinski definition) is 1. The van der Waals surface area contributed by atoms with Gasteiger partial charge in [0, 0.05) is 12.6 Å². The summed E-state index contributed by atoms with van der Waals surface area (Å²) in [7, 11) is 0. The maximum atomic E-state index is 5.86. The van der Waals surface area contributed by atoms with Gasteiger partial charge in [0.05, 0.1) is 13.2 Å². The van der Waals surface area contributed by atoms with Crippen LogP contribution in [0.4, 0.5) is 0 Å². The third-order valence-electron chi connectivity index (χ3n) is 3.51. The zero-order valence-corrected chi connectivity index (χ0v) is 12.8. The molecule has 21 heavy (non-hydrogen) atoms. The maximum Gasteiger partial charge on any atom is 0.0717 e. The molecule has 0 amide bonds. The summed E-state index contributed by atoms with van der Waals surface area (Å²) in [5.74, 6) is 0. The summed E-state index contributed by atoms with van der Waals surface area (Å²) in [6.07, 6.45) is 2.31. The molecule has 0 fully saturated rings. The van der Waals surface area contributed by atoms with Crippen LogP contribution in [0, 0.1) is 0 Å². The Morgan fingerprint density at radius 1 is 0.905 bits per heavy atom. The summed E-state index contributed by atoms with van der Waals surface area (Å²) in [6, 6.07) is 21.3. The molecule has 2 aromatic rings. The third kappa shape index (κ3) is 6.11. The largest absolute Gasteiger partial charge is 0.375 e. The van der Waals surface area contributed by atoms with Gasteiger partial charge in [0.25, 0.3) is 0 Å². The molecule has 0 aliphatic rings. The molecular weight excluding hydrogens is 258 g/mol. The van der Waals surface area contributed by atoms with E-state index in [0.29, 0.717) is 12.6 Å². The highest BCUT2D eigenvalue weighted by atomic mass is 16.5. The molecular formula is C19H25NO. The number of benzene rings is 2. The first-order valence-corrected chi connectivity index (χ1v) is 7.77. The van der Waals surface area contributed by atoms with E-state index in [0.717, 1.165) is 19.6 Å². The van der Waals surface area contributed by atoms with Crippen LogP contribution in [0.15, 0.2) is 60.7 Å². The van der Waals surface area contributed by atoms with Crippen LogP contribution in [-0.4, -0.2) is 12.6 Å². The van der Waals surface area contributed by atoms with Crippen LogP contribution in [-0.2, 0) is 17.9 Å². The Morgan fingerprint density at radius 3 is 2.14 bits per heavy atom. The topological polar surface area (TPSA) is 21.3 Å². The second kappa shape index (κ2) is 9.32. The predicted molar refractivity (Wildman–Crippen MR) is 88.1 cm³/mol. The van der Waals surface area contributed by atoms with Gasteiger partial charge in [-0.05, 0) is 17.5 Å². The average Bonchev–Trinajstić information content (AvgIpc) is 2.54. The Bertz CT molecular complexity index is 483. The number of nitrogens with one attached hydrogen (secondary N) is 1. The molecule has 2 nitrogen and oxygen atoms in total. The summed E-state index contributed by atoms with van der Waals surface area (Å²) in [5, 5.41) is 3.60. The highest BCUT2D eigenvalue weighted by Gasteiger charge is 2.07. The van der Waals surface area contributed by atoms with Crippen molar-refractivity contribution in [2.75, 3.05) is 6.61 Å². The first kappa shape index (κ1) is 15.7. The van der Waals surface area contributed by atoms with Crippen LogP contribution in [0.5, 0.6) is 0 Å². The van der Waals surface area contributed by atoms with Crippen molar-refractivity contribution in [1.29, 1.82) is 0 Å². The summed E-state index contributed by atoms with van der Waals surface area (Å²) in [4.78, 5) is 0. The maximum absolute atomic E-state index is 5.86. The zero-order valence-electron chi connectivity index (χ0n) is 12.8. The Kier molecular flexibility index (Phi) is 6.99. The molecule has 0 bridgehead atoms. The second-order valence-corrected chi connectivity index (χ2v) is 5.35. The number of rotatable bonds is 9. The van der Waals surface area contributed by atoms with E-state index < -0.39 is 0 Å². The van der Waals surface area contributed by atoms with Crippen molar-refractivity contribution in [3.05, 3.63) is 71.8 Å². The minimum absolute atomic E-state index is 0.416. The number of ether oxygens (including phenoxy) is 1. The van der Waals surface area contributed by atoms with E-state index in [1.54, 1.807) is 0 Å². The molecule has 0 unspecified atom stereocenters. The van der Waals surface area contributed by atoms with E-state index in [1.807, 2.05) is 6.07 Å². The number of hydrogen-bond acceptors (Lipinski definition) is 2. The molecule has 0 spiro atoms. The fourth-order valence-electron chi connectivity index (χ4n) is 2.34. The molecule has 0 saturated heterocycles. The molecule has 0 radical (unpaired) electrons. The Morgan fingerprint density at radius 2 is 1.52 bits per heavy atom. The van der Waals surface area contributed by atoms with E-state index in [1.165, 1.54) is 17.5 Å². The molecule has 0 aromatic heterocycles. The van der Waals surface area contributed by atoms with Gasteiger partial charge >= 0.3 is 0 Å². The molecule has 2 heteroatoms. The lowest BCUT2D eigenvalue weighted by Gasteiger charge is -2.18. The molecule has 2 aromatic carbocycles. The van der Waals surface area contributed by atoms with Gasteiger partial charge in [-0.15, -0.1) is 0 Å². The van der Waals surface area contributed by atoms with Crippen molar-refractivity contribution in [2.45, 2.75) is 39.0 Å². The van der Waals surface area contributed by atoms with Gasteiger partial charge < -0.3 is 10.1 Å². The molecule has 2 rings (SSSR count). The molecule has 1 N–H and O–H groups in total. The Labute approximate surface area is 128 Å². The molecule has 0 heterocycles. The van der Waals surface area contributed by atoms with E-state index in [9.17, 15) is 0 Å². The van der Waals surface area contributed by atoms with Crippen molar-refractivity contribution >= 4 is 0 Å². The Hall–Kier alpha value is -1.64. The van der Waals surface area contributed by atoms with Crippen molar-refractivity contribution in [2.24, 2.45) is 0 Å². The summed E-state index contributed by atoms with van der Waals surface area (Å²) < 4.78 is 5.86. The van der Waals surface area contributed by atoms with Gasteiger partial charge in [-0.25, -0.2) is 0 Å². The third-order valence-corrected chi connectivity index (χ3v) is 3.51. The molecule has 0 aliphatic heterocycles. The summed E-state index contributed by atoms with van der Waals surface area (Å²) in [5.41, 5.74) is 2.55. The fraction of sp³-hybridized carbons (Fsp3) is 0.368. The van der Waals surface area contributed by atoms with Crippen LogP contribution < -0.4 is 5.32 Å². The molecule has 0 aliphatic carbocycles. The van der Waals surface area contributed by atoms with Crippen molar-refractivity contribution in [3.8, 4) is 0 Å². The van der Waals surface area contributed by atoms with Crippen LogP contribution >= 0.6 is 0 Å². The zero-order chi connectivity index (χ0) is 14.8. The average molecular weight is 283 g/mol. The van der Waals surface area contributed by atoms with Gasteiger partial charge in [-0.1, -0.05) is 74.0 Å². The quantitative estimate of drug-likeness (QED) is 0.746. The van der Waals surface area contributed by atoms with Crippen molar-refractivity contribution < 1.29 is 4.74 Å². The molecule has 0 saturated carbocycles. The monoisotopic (exact) mass is 283 g/mol. The Balaban J connectivity index is 1.73. The fourth-order valence-corrected chi connectivity index (χ4v) is 2.34. The van der Waals surface area contributed by atoms with Gasteiger partial charge in [-0.3, -0.25) is 0 Å². The minimum Gasteiger partial charge on any atom is -0.375 e. The minimum atomic E-state index is 0.416. The van der Waals surface area contributed by atoms with Crippen LogP contribution in [0.1, 0.15) is 30.9 Å². The van der Waals surface area contributed by atoms with Crippen LogP contribution in [0.3, 0.4) is 0 Å². The standard InChI is InChI=1S/C19H25NO/c1-2-9-19(20-14-17-10-5-3-6-11-17)16-21-15-18-12-7-4-8-13-18/h3-8,10-13,19-20H,2,9,14-16H2,1H3/t19-/m0/s1. The normalized spacial score (nSPS) is 12.2. The lowest BCUT2D eigenvalue weighted by Crippen LogP contribution is -2.32. The van der Waals surface area contributed by atoms with E-state index in [4.69, 9.17) is 4.74 Å². The van der Waals surface area contributed by atoms with E-state index in [-0.39, 0.29) is 0 Å². The molecule has 1 atom stereocenters. The van der Waals surface area contributed by atoms with Crippen LogP contribution in [0.25, 0.3) is 0 Å². The van der Waals surface area contributed by atoms with Crippen LogP contribution in [0.2, 0.25) is 0 Å². The van der Waals surface area contributed by atoms with Gasteiger partial charge in [0.15, 0.2) is 0 Å². The van der Waals surface area contributed by atoms with Gasteiger partial charge in [-0.2, -0.15) is 0 Å². The summed E-state index contributed by atoms with van der Waals surface area (Å²) >= 11 is 0. The first-order valence-electron chi connectivity index (χ1n) is 7.77. The van der Waals surface area contributed by atoms with Gasteiger partial charge in [0.1, 0.15) is 0 Å². The second-order valence-electron chi connectivity index (χ2n) is 5.35. The van der Waals surface area contributed by atoms with E-state index in [2.05, 4.69) is 66.8 Å². The smallest absolute Gasteiger partial charge is 0.0717 e. The van der Waals surface area contributed by atoms with Crippen molar-refractivity contribution in [1.82, 2.24) is 5.32 Å². The first-order chi connectivity index (χ1) is 10.4. The summed E-state index contributed by atoms with van der Waals surface area (Å²) in [6.45, 7) is 4.57. The molecule has 112 valence electrons. The van der Waals surface area contributed by atoms with Crippen molar-refractivity contribution in [3.63, 3.8) is 0 Å². The lowest BCUT2D eigenvalue weighted by atomic mass is 10.1.